The van der Waals surface area contributed by atoms with E-state index in [1.54, 1.807) is 6.07 Å². The van der Waals surface area contributed by atoms with Crippen LogP contribution in [0.15, 0.2) is 12.1 Å². The number of carbonyl (C=O) groups is 2. The van der Waals surface area contributed by atoms with Gasteiger partial charge in [0.1, 0.15) is 0 Å². The number of piperidine rings is 1. The van der Waals surface area contributed by atoms with Crippen molar-refractivity contribution in [3.63, 3.8) is 0 Å². The molecule has 2 fully saturated rings. The van der Waals surface area contributed by atoms with Gasteiger partial charge in [0, 0.05) is 56.1 Å². The molecule has 7 heteroatoms. The molecule has 2 saturated heterocycles. The first-order chi connectivity index (χ1) is 14.4. The lowest BCUT2D eigenvalue weighted by atomic mass is 9.96. The molecule has 2 N–H and O–H groups in total. The van der Waals surface area contributed by atoms with Gasteiger partial charge in [-0.25, -0.2) is 9.59 Å². The summed E-state index contributed by atoms with van der Waals surface area (Å²) >= 11 is 0. The Morgan fingerprint density at radius 3 is 2.40 bits per heavy atom. The van der Waals surface area contributed by atoms with E-state index in [4.69, 9.17) is 9.84 Å². The van der Waals surface area contributed by atoms with Crippen LogP contribution >= 0.6 is 0 Å². The standard InChI is InChI=1S/C23H30N2O5/c1-3-25(19-8-12-30-13-9-19)21-15-18(14-20(16(21)2)22(26)27)5-4-17-6-10-24(11-7-17)23(28)29/h14-15,17,19H,3,6-13H2,1-2H3,(H,26,27)(H,28,29). The van der Waals surface area contributed by atoms with E-state index < -0.39 is 12.1 Å². The molecule has 1 aromatic carbocycles. The summed E-state index contributed by atoms with van der Waals surface area (Å²) < 4.78 is 5.49. The predicted octanol–water partition coefficient (Wildman–Crippen LogP) is 3.44. The maximum atomic E-state index is 11.9. The highest BCUT2D eigenvalue weighted by Crippen LogP contribution is 2.30. The van der Waals surface area contributed by atoms with Crippen LogP contribution in [0.5, 0.6) is 0 Å². The number of hydrogen-bond acceptors (Lipinski definition) is 4. The molecule has 0 bridgehead atoms. The number of nitrogens with zero attached hydrogens (tertiary/aromatic N) is 2. The zero-order chi connectivity index (χ0) is 21.7. The van der Waals surface area contributed by atoms with Gasteiger partial charge in [-0.15, -0.1) is 0 Å². The van der Waals surface area contributed by atoms with E-state index in [-0.39, 0.29) is 11.5 Å². The lowest BCUT2D eigenvalue weighted by Gasteiger charge is -2.36. The van der Waals surface area contributed by atoms with Crippen molar-refractivity contribution in [1.29, 1.82) is 0 Å². The number of likely N-dealkylation sites (tertiary alicyclic amines) is 1. The Bertz CT molecular complexity index is 843. The molecular formula is C23H30N2O5. The van der Waals surface area contributed by atoms with Crippen molar-refractivity contribution in [1.82, 2.24) is 4.90 Å². The topological polar surface area (TPSA) is 90.3 Å². The van der Waals surface area contributed by atoms with Gasteiger partial charge in [-0.1, -0.05) is 11.8 Å². The monoisotopic (exact) mass is 414 g/mol. The third-order valence-electron chi connectivity index (χ3n) is 6.08. The summed E-state index contributed by atoms with van der Waals surface area (Å²) in [5, 5.41) is 18.8. The first-order valence-corrected chi connectivity index (χ1v) is 10.6. The molecule has 2 aliphatic heterocycles. The van der Waals surface area contributed by atoms with Crippen molar-refractivity contribution in [2.75, 3.05) is 37.7 Å². The Labute approximate surface area is 177 Å². The van der Waals surface area contributed by atoms with Crippen molar-refractivity contribution in [2.24, 2.45) is 5.92 Å². The number of amides is 1. The van der Waals surface area contributed by atoms with E-state index >= 15 is 0 Å². The van der Waals surface area contributed by atoms with Crippen LogP contribution in [-0.4, -0.2) is 66.1 Å². The minimum absolute atomic E-state index is 0.122. The second-order valence-electron chi connectivity index (χ2n) is 7.92. The van der Waals surface area contributed by atoms with Crippen LogP contribution in [0, 0.1) is 24.7 Å². The highest BCUT2D eigenvalue weighted by Gasteiger charge is 2.24. The fraction of sp³-hybridized carbons (Fsp3) is 0.565. The number of benzene rings is 1. The summed E-state index contributed by atoms with van der Waals surface area (Å²) in [4.78, 5) is 26.6. The van der Waals surface area contributed by atoms with Gasteiger partial charge < -0.3 is 24.7 Å². The zero-order valence-electron chi connectivity index (χ0n) is 17.7. The maximum Gasteiger partial charge on any atom is 0.407 e. The maximum absolute atomic E-state index is 11.9. The van der Waals surface area contributed by atoms with Gasteiger partial charge in [0.25, 0.3) is 0 Å². The van der Waals surface area contributed by atoms with E-state index in [0.717, 1.165) is 43.9 Å². The quantitative estimate of drug-likeness (QED) is 0.734. The molecule has 3 rings (SSSR count). The predicted molar refractivity (Wildman–Crippen MR) is 114 cm³/mol. The number of ether oxygens (including phenoxy) is 1. The number of aromatic carboxylic acids is 1. The number of carboxylic acid groups (broad SMARTS) is 2. The smallest absolute Gasteiger partial charge is 0.407 e. The van der Waals surface area contributed by atoms with Gasteiger partial charge in [0.15, 0.2) is 0 Å². The highest BCUT2D eigenvalue weighted by atomic mass is 16.5. The Balaban J connectivity index is 1.87. The second-order valence-corrected chi connectivity index (χ2v) is 7.92. The van der Waals surface area contributed by atoms with Crippen LogP contribution in [0.2, 0.25) is 0 Å². The third-order valence-corrected chi connectivity index (χ3v) is 6.08. The second kappa shape index (κ2) is 9.86. The summed E-state index contributed by atoms with van der Waals surface area (Å²) in [7, 11) is 0. The minimum atomic E-state index is -0.949. The molecule has 1 amide bonds. The van der Waals surface area contributed by atoms with Gasteiger partial charge in [0.05, 0.1) is 5.56 Å². The largest absolute Gasteiger partial charge is 0.478 e. The van der Waals surface area contributed by atoms with E-state index in [1.165, 1.54) is 4.90 Å². The molecule has 1 aromatic rings. The Hall–Kier alpha value is -2.72. The Kier molecular flexibility index (Phi) is 7.22. The van der Waals surface area contributed by atoms with Crippen molar-refractivity contribution in [2.45, 2.75) is 45.6 Å². The molecule has 0 aromatic heterocycles. The van der Waals surface area contributed by atoms with Gasteiger partial charge in [-0.3, -0.25) is 0 Å². The molecule has 0 saturated carbocycles. The van der Waals surface area contributed by atoms with Crippen LogP contribution < -0.4 is 4.90 Å². The molecular weight excluding hydrogens is 384 g/mol. The first kappa shape index (κ1) is 22.0. The summed E-state index contributed by atoms with van der Waals surface area (Å²) in [6.07, 6.45) is 2.37. The molecule has 2 aliphatic rings. The van der Waals surface area contributed by atoms with Crippen LogP contribution in [-0.2, 0) is 4.74 Å². The zero-order valence-corrected chi connectivity index (χ0v) is 17.7. The fourth-order valence-corrected chi connectivity index (χ4v) is 4.31. The van der Waals surface area contributed by atoms with Gasteiger partial charge in [-0.05, 0) is 57.2 Å². The van der Waals surface area contributed by atoms with E-state index in [9.17, 15) is 14.7 Å². The highest BCUT2D eigenvalue weighted by molar-refractivity contribution is 5.92. The molecule has 2 heterocycles. The van der Waals surface area contributed by atoms with Crippen LogP contribution in [0.4, 0.5) is 10.5 Å². The lowest BCUT2D eigenvalue weighted by Crippen LogP contribution is -2.40. The molecule has 0 unspecified atom stereocenters. The van der Waals surface area contributed by atoms with Crippen molar-refractivity contribution >= 4 is 17.7 Å². The molecule has 0 atom stereocenters. The molecule has 7 nitrogen and oxygen atoms in total. The molecule has 0 radical (unpaired) electrons. The SMILES string of the molecule is CCN(c1cc(C#CC2CCN(C(=O)O)CC2)cc(C(=O)O)c1C)C1CCOCC1. The summed E-state index contributed by atoms with van der Waals surface area (Å²) in [6, 6.07) is 3.98. The third kappa shape index (κ3) is 5.06. The average molecular weight is 415 g/mol. The van der Waals surface area contributed by atoms with Gasteiger partial charge in [0.2, 0.25) is 0 Å². The van der Waals surface area contributed by atoms with Crippen LogP contribution in [0.25, 0.3) is 0 Å². The van der Waals surface area contributed by atoms with Crippen molar-refractivity contribution in [3.8, 4) is 11.8 Å². The van der Waals surface area contributed by atoms with Crippen LogP contribution in [0.1, 0.15) is 54.1 Å². The molecule has 162 valence electrons. The normalized spacial score (nSPS) is 17.9. The molecule has 30 heavy (non-hydrogen) atoms. The number of rotatable bonds is 4. The van der Waals surface area contributed by atoms with Crippen LogP contribution in [0.3, 0.4) is 0 Å². The van der Waals surface area contributed by atoms with Gasteiger partial charge >= 0.3 is 12.1 Å². The summed E-state index contributed by atoms with van der Waals surface area (Å²) in [6.45, 7) is 7.16. The first-order valence-electron chi connectivity index (χ1n) is 10.6. The Morgan fingerprint density at radius 1 is 1.17 bits per heavy atom. The number of carboxylic acids is 1. The Morgan fingerprint density at radius 2 is 1.83 bits per heavy atom. The van der Waals surface area contributed by atoms with Crippen molar-refractivity contribution < 1.29 is 24.5 Å². The van der Waals surface area contributed by atoms with E-state index in [0.29, 0.717) is 37.5 Å². The lowest BCUT2D eigenvalue weighted by molar-refractivity contribution is 0.0695. The van der Waals surface area contributed by atoms with Crippen molar-refractivity contribution in [3.05, 3.63) is 28.8 Å². The summed E-state index contributed by atoms with van der Waals surface area (Å²) in [5.74, 6) is 5.59. The fourth-order valence-electron chi connectivity index (χ4n) is 4.31. The molecule has 0 spiro atoms. The van der Waals surface area contributed by atoms with E-state index in [2.05, 4.69) is 23.7 Å². The number of anilines is 1. The van der Waals surface area contributed by atoms with Gasteiger partial charge in [-0.2, -0.15) is 0 Å². The average Bonchev–Trinajstić information content (AvgIpc) is 2.75. The summed E-state index contributed by atoms with van der Waals surface area (Å²) in [5.41, 5.74) is 2.66. The minimum Gasteiger partial charge on any atom is -0.478 e. The van der Waals surface area contributed by atoms with E-state index in [1.807, 2.05) is 13.0 Å². The molecule has 0 aliphatic carbocycles. The number of hydrogen-bond donors (Lipinski definition) is 2.